The Bertz CT molecular complexity index is 2040. The lowest BCUT2D eigenvalue weighted by atomic mass is 9.85. The topological polar surface area (TPSA) is 357 Å². The summed E-state index contributed by atoms with van der Waals surface area (Å²) in [5.41, 5.74) is 18.5. The van der Waals surface area contributed by atoms with Crippen LogP contribution in [0.1, 0.15) is 76.3 Å². The maximum Gasteiger partial charge on any atom is 0.243 e. The lowest BCUT2D eigenvalue weighted by Gasteiger charge is -2.26. The fourth-order valence-corrected chi connectivity index (χ4v) is 7.55. The van der Waals surface area contributed by atoms with E-state index in [0.29, 0.717) is 23.5 Å². The van der Waals surface area contributed by atoms with E-state index >= 15 is 0 Å². The number of hydrogen-bond acceptors (Lipinski definition) is 12. The van der Waals surface area contributed by atoms with Gasteiger partial charge in [0.05, 0.1) is 38.8 Å². The van der Waals surface area contributed by atoms with Crippen LogP contribution in [0.3, 0.4) is 0 Å². The zero-order valence-electron chi connectivity index (χ0n) is 39.4. The number of rotatable bonds is 29. The minimum atomic E-state index is -1.23. The third-order valence-corrected chi connectivity index (χ3v) is 11.1. The SMILES string of the molecule is CC(C)C[C@@H](NC(=O)[C@H](CCN)NC(=O)CNC(=O)CNC(=O)CNC(=O)[C@H](Cc1ccccc1)NC(=O)CNC(=O)[C@@H](N)CC1CCCCC1)C(=O)N[C@@H](Cc1ccccc1)C(=O)NCC(N)=O. The highest BCUT2D eigenvalue weighted by Gasteiger charge is 2.31. The molecule has 2 aromatic rings. The van der Waals surface area contributed by atoms with Crippen molar-refractivity contribution in [1.29, 1.82) is 0 Å². The summed E-state index contributed by atoms with van der Waals surface area (Å²) in [5, 5.41) is 22.4. The first-order chi connectivity index (χ1) is 32.9. The van der Waals surface area contributed by atoms with Gasteiger partial charge in [-0.25, -0.2) is 0 Å². The fourth-order valence-electron chi connectivity index (χ4n) is 7.55. The second kappa shape index (κ2) is 30.4. The van der Waals surface area contributed by atoms with Crippen LogP contribution in [-0.2, 0) is 60.8 Å². The molecule has 10 amide bonds. The Morgan fingerprint density at radius 2 is 0.957 bits per heavy atom. The molecule has 0 aliphatic heterocycles. The Morgan fingerprint density at radius 3 is 1.48 bits per heavy atom. The lowest BCUT2D eigenvalue weighted by Crippen LogP contribution is -2.58. The van der Waals surface area contributed by atoms with Crippen LogP contribution in [0.15, 0.2) is 60.7 Å². The van der Waals surface area contributed by atoms with Gasteiger partial charge in [0.25, 0.3) is 0 Å². The Hall–Kier alpha value is -6.94. The maximum atomic E-state index is 13.6. The lowest BCUT2D eigenvalue weighted by molar-refractivity contribution is -0.134. The van der Waals surface area contributed by atoms with Gasteiger partial charge in [0.15, 0.2) is 0 Å². The predicted molar refractivity (Wildman–Crippen MR) is 255 cm³/mol. The standard InChI is InChI=1S/C47H70N12O10/c1-29(2)20-35(47(69)59-37(45(67)53-24-38(50)60)23-32-16-10-5-11-17-32)58-46(68)34(18-19-48)56-41(63)27-52-39(61)25-51-40(62)26-55-44(66)36(22-31-14-8-4-9-15-31)57-42(64)28-54-43(65)33(49)21-30-12-6-3-7-13-30/h4-5,8-11,14-17,29-30,33-37H,3,6-7,12-13,18-28,48-49H2,1-2H3,(H2,50,60)(H,51,62)(H,52,61)(H,53,67)(H,54,65)(H,55,66)(H,56,63)(H,57,64)(H,58,68)(H,59,69)/t33-,34-,35+,36-,37-/m0/s1. The van der Waals surface area contributed by atoms with Crippen molar-refractivity contribution in [2.45, 2.75) is 108 Å². The molecular weight excluding hydrogens is 893 g/mol. The van der Waals surface area contributed by atoms with Crippen LogP contribution in [0, 0.1) is 11.8 Å². The van der Waals surface area contributed by atoms with E-state index in [9.17, 15) is 47.9 Å². The first kappa shape index (κ1) is 56.4. The summed E-state index contributed by atoms with van der Waals surface area (Å²) >= 11 is 0. The second-order valence-electron chi connectivity index (χ2n) is 17.5. The molecular formula is C47H70N12O10. The van der Waals surface area contributed by atoms with Crippen LogP contribution in [0.4, 0.5) is 0 Å². The number of benzene rings is 2. The molecule has 69 heavy (non-hydrogen) atoms. The summed E-state index contributed by atoms with van der Waals surface area (Å²) in [6, 6.07) is 12.2. The number of nitrogens with one attached hydrogen (secondary N) is 9. The van der Waals surface area contributed by atoms with Crippen molar-refractivity contribution in [3.05, 3.63) is 71.8 Å². The summed E-state index contributed by atoms with van der Waals surface area (Å²) in [6.45, 7) is 0.972. The van der Waals surface area contributed by atoms with Crippen molar-refractivity contribution < 1.29 is 47.9 Å². The van der Waals surface area contributed by atoms with Crippen molar-refractivity contribution in [2.24, 2.45) is 29.0 Å². The van der Waals surface area contributed by atoms with Crippen molar-refractivity contribution in [3.8, 4) is 0 Å². The molecule has 3 rings (SSSR count). The van der Waals surface area contributed by atoms with E-state index in [1.54, 1.807) is 60.7 Å². The molecule has 0 heterocycles. The van der Waals surface area contributed by atoms with Gasteiger partial charge in [-0.1, -0.05) is 107 Å². The fraction of sp³-hybridized carbons (Fsp3) is 0.532. The molecule has 1 aliphatic rings. The molecule has 1 aliphatic carbocycles. The smallest absolute Gasteiger partial charge is 0.243 e. The van der Waals surface area contributed by atoms with E-state index in [-0.39, 0.29) is 38.1 Å². The predicted octanol–water partition coefficient (Wildman–Crippen LogP) is -2.83. The summed E-state index contributed by atoms with van der Waals surface area (Å²) in [4.78, 5) is 128. The maximum absolute atomic E-state index is 13.6. The largest absolute Gasteiger partial charge is 0.368 e. The Labute approximate surface area is 402 Å². The molecule has 0 radical (unpaired) electrons. The summed E-state index contributed by atoms with van der Waals surface area (Å²) in [6.07, 6.45) is 6.16. The van der Waals surface area contributed by atoms with E-state index in [1.807, 2.05) is 13.8 Å². The summed E-state index contributed by atoms with van der Waals surface area (Å²) in [7, 11) is 0. The van der Waals surface area contributed by atoms with Gasteiger partial charge in [0.1, 0.15) is 24.2 Å². The van der Waals surface area contributed by atoms with E-state index in [4.69, 9.17) is 17.2 Å². The van der Waals surface area contributed by atoms with Crippen LogP contribution in [-0.4, -0.2) is 129 Å². The third kappa shape index (κ3) is 22.6. The molecule has 15 N–H and O–H groups in total. The molecule has 0 aromatic heterocycles. The van der Waals surface area contributed by atoms with E-state index in [2.05, 4.69) is 47.9 Å². The molecule has 5 atom stereocenters. The summed E-state index contributed by atoms with van der Waals surface area (Å²) < 4.78 is 0. The first-order valence-corrected chi connectivity index (χ1v) is 23.3. The molecule has 2 aromatic carbocycles. The van der Waals surface area contributed by atoms with Gasteiger partial charge in [-0.3, -0.25) is 47.9 Å². The normalized spacial score (nSPS) is 14.6. The van der Waals surface area contributed by atoms with Crippen LogP contribution < -0.4 is 65.1 Å². The number of nitrogens with two attached hydrogens (primary N) is 3. The Balaban J connectivity index is 1.49. The zero-order chi connectivity index (χ0) is 50.7. The zero-order valence-corrected chi connectivity index (χ0v) is 39.4. The molecule has 0 spiro atoms. The van der Waals surface area contributed by atoms with E-state index < -0.39 is 122 Å². The average Bonchev–Trinajstić information content (AvgIpc) is 3.32. The third-order valence-electron chi connectivity index (χ3n) is 11.1. The number of primary amides is 1. The highest BCUT2D eigenvalue weighted by molar-refractivity contribution is 5.96. The van der Waals surface area contributed by atoms with Crippen LogP contribution >= 0.6 is 0 Å². The monoisotopic (exact) mass is 963 g/mol. The second-order valence-corrected chi connectivity index (χ2v) is 17.5. The van der Waals surface area contributed by atoms with Crippen molar-refractivity contribution >= 4 is 59.1 Å². The van der Waals surface area contributed by atoms with E-state index in [0.717, 1.165) is 25.7 Å². The van der Waals surface area contributed by atoms with Gasteiger partial charge in [-0.15, -0.1) is 0 Å². The number of carbonyl (C=O) groups excluding carboxylic acids is 10. The van der Waals surface area contributed by atoms with Crippen LogP contribution in [0.2, 0.25) is 0 Å². The van der Waals surface area contributed by atoms with Crippen molar-refractivity contribution in [2.75, 3.05) is 39.3 Å². The first-order valence-electron chi connectivity index (χ1n) is 23.3. The van der Waals surface area contributed by atoms with Crippen molar-refractivity contribution in [3.63, 3.8) is 0 Å². The highest BCUT2D eigenvalue weighted by Crippen LogP contribution is 2.27. The number of hydrogen-bond donors (Lipinski definition) is 12. The van der Waals surface area contributed by atoms with Gasteiger partial charge < -0.3 is 65.1 Å². The molecule has 1 saturated carbocycles. The molecule has 378 valence electrons. The molecule has 22 heteroatoms. The quantitative estimate of drug-likeness (QED) is 0.0393. The molecule has 0 bridgehead atoms. The molecule has 0 unspecified atom stereocenters. The summed E-state index contributed by atoms with van der Waals surface area (Å²) in [5.74, 6) is -6.78. The van der Waals surface area contributed by atoms with Gasteiger partial charge >= 0.3 is 0 Å². The Kier molecular flexibility index (Phi) is 24.9. The van der Waals surface area contributed by atoms with Gasteiger partial charge in [-0.2, -0.15) is 0 Å². The van der Waals surface area contributed by atoms with Gasteiger partial charge in [0.2, 0.25) is 59.1 Å². The van der Waals surface area contributed by atoms with E-state index in [1.165, 1.54) is 6.42 Å². The average molecular weight is 963 g/mol. The number of amides is 10. The van der Waals surface area contributed by atoms with Crippen molar-refractivity contribution in [1.82, 2.24) is 47.9 Å². The van der Waals surface area contributed by atoms with Gasteiger partial charge in [0, 0.05) is 12.8 Å². The molecule has 22 nitrogen and oxygen atoms in total. The molecule has 0 saturated heterocycles. The Morgan fingerprint density at radius 1 is 0.522 bits per heavy atom. The molecule has 1 fully saturated rings. The van der Waals surface area contributed by atoms with Gasteiger partial charge in [-0.05, 0) is 48.8 Å². The highest BCUT2D eigenvalue weighted by atomic mass is 16.2. The van der Waals surface area contributed by atoms with Crippen LogP contribution in [0.25, 0.3) is 0 Å². The van der Waals surface area contributed by atoms with Crippen LogP contribution in [0.5, 0.6) is 0 Å². The minimum Gasteiger partial charge on any atom is -0.368 e. The number of carbonyl (C=O) groups is 10. The minimum absolute atomic E-state index is 0.0411.